The van der Waals surface area contributed by atoms with E-state index in [9.17, 15) is 23.6 Å². The van der Waals surface area contributed by atoms with Crippen LogP contribution in [0.2, 0.25) is 0 Å². The molecule has 3 heterocycles. The predicted molar refractivity (Wildman–Crippen MR) is 174 cm³/mol. The predicted octanol–water partition coefficient (Wildman–Crippen LogP) is 4.43. The summed E-state index contributed by atoms with van der Waals surface area (Å²) >= 11 is 0. The summed E-state index contributed by atoms with van der Waals surface area (Å²) in [5.74, 6) is -1.73. The van der Waals surface area contributed by atoms with Crippen LogP contribution in [0.15, 0.2) is 60.9 Å². The number of anilines is 1. The number of likely N-dealkylation sites (N-methyl/N-ethyl adjacent to an activating group) is 1. The van der Waals surface area contributed by atoms with E-state index in [0.29, 0.717) is 42.7 Å². The average Bonchev–Trinajstić information content (AvgIpc) is 3.12. The third-order valence-corrected chi connectivity index (χ3v) is 9.44. The molecule has 0 unspecified atom stereocenters. The molecule has 3 aromatic rings. The van der Waals surface area contributed by atoms with Gasteiger partial charge in [0.25, 0.3) is 11.8 Å². The Morgan fingerprint density at radius 2 is 1.72 bits per heavy atom. The van der Waals surface area contributed by atoms with Crippen molar-refractivity contribution in [2.24, 2.45) is 5.92 Å². The van der Waals surface area contributed by atoms with Crippen molar-refractivity contribution in [3.8, 4) is 11.1 Å². The molecule has 11 heteroatoms. The monoisotopic (exact) mass is 641 g/mol. The molecule has 3 amide bonds. The fourth-order valence-corrected chi connectivity index (χ4v) is 6.65. The normalized spacial score (nSPS) is 21.5. The van der Waals surface area contributed by atoms with Crippen molar-refractivity contribution >= 4 is 29.4 Å². The van der Waals surface area contributed by atoms with Crippen molar-refractivity contribution in [2.75, 3.05) is 38.1 Å². The zero-order chi connectivity index (χ0) is 33.1. The Balaban J connectivity index is 1.07. The number of hydrogen-bond donors (Lipinski definition) is 1. The van der Waals surface area contributed by atoms with Gasteiger partial charge in [-0.3, -0.25) is 29.1 Å². The minimum atomic E-state index is -0.828. The summed E-state index contributed by atoms with van der Waals surface area (Å²) < 4.78 is 20.4. The van der Waals surface area contributed by atoms with Gasteiger partial charge in [-0.05, 0) is 111 Å². The first-order chi connectivity index (χ1) is 22.7. The Morgan fingerprint density at radius 1 is 0.979 bits per heavy atom. The quantitative estimate of drug-likeness (QED) is 0.344. The third kappa shape index (κ3) is 7.35. The third-order valence-electron chi connectivity index (χ3n) is 9.44. The van der Waals surface area contributed by atoms with Crippen molar-refractivity contribution in [1.29, 1.82) is 0 Å². The second-order valence-corrected chi connectivity index (χ2v) is 12.8. The van der Waals surface area contributed by atoms with Gasteiger partial charge in [-0.2, -0.15) is 0 Å². The summed E-state index contributed by atoms with van der Waals surface area (Å²) in [5.41, 5.74) is 3.11. The maximum Gasteiger partial charge on any atom is 0.320 e. The van der Waals surface area contributed by atoms with Crippen LogP contribution in [-0.4, -0.2) is 83.8 Å². The molecular formula is C36H40FN5O5. The van der Waals surface area contributed by atoms with E-state index in [4.69, 9.17) is 4.74 Å². The van der Waals surface area contributed by atoms with E-state index in [1.54, 1.807) is 38.5 Å². The number of fused-ring (bicyclic) bond motifs is 1. The number of aromatic nitrogens is 1. The van der Waals surface area contributed by atoms with Gasteiger partial charge in [0.15, 0.2) is 0 Å². The number of halogens is 1. The van der Waals surface area contributed by atoms with Crippen molar-refractivity contribution < 1.29 is 28.3 Å². The molecule has 1 aliphatic carbocycles. The highest BCUT2D eigenvalue weighted by Gasteiger charge is 2.36. The molecule has 246 valence electrons. The maximum absolute atomic E-state index is 14.8. The Labute approximate surface area is 273 Å². The maximum atomic E-state index is 14.8. The fourth-order valence-electron chi connectivity index (χ4n) is 6.65. The van der Waals surface area contributed by atoms with Gasteiger partial charge in [-0.25, -0.2) is 4.39 Å². The van der Waals surface area contributed by atoms with Crippen LogP contribution in [0.4, 0.5) is 10.1 Å². The minimum absolute atomic E-state index is 0.0593. The number of ether oxygens (including phenoxy) is 1. The number of benzene rings is 2. The zero-order valence-electron chi connectivity index (χ0n) is 26.8. The van der Waals surface area contributed by atoms with Gasteiger partial charge >= 0.3 is 5.97 Å². The van der Waals surface area contributed by atoms with Crippen LogP contribution in [0.1, 0.15) is 65.3 Å². The molecule has 6 rings (SSSR count). The molecule has 0 bridgehead atoms. The number of esters is 1. The number of hydrogen-bond acceptors (Lipinski definition) is 7. The smallest absolute Gasteiger partial charge is 0.320 e. The molecular weight excluding hydrogens is 601 g/mol. The number of piperidine rings is 1. The summed E-state index contributed by atoms with van der Waals surface area (Å²) in [7, 11) is 1.64. The largest absolute Gasteiger partial charge is 0.461 e. The number of likely N-dealkylation sites (tertiary alicyclic amines) is 1. The molecule has 1 N–H and O–H groups in total. The highest BCUT2D eigenvalue weighted by Crippen LogP contribution is 2.33. The number of pyridine rings is 1. The van der Waals surface area contributed by atoms with Crippen LogP contribution >= 0.6 is 0 Å². The average molecular weight is 642 g/mol. The first-order valence-corrected chi connectivity index (χ1v) is 16.3. The molecule has 0 radical (unpaired) electrons. The number of amides is 3. The van der Waals surface area contributed by atoms with Gasteiger partial charge in [-0.15, -0.1) is 0 Å². The second kappa shape index (κ2) is 14.0. The van der Waals surface area contributed by atoms with Crippen molar-refractivity contribution in [1.82, 2.24) is 20.1 Å². The van der Waals surface area contributed by atoms with E-state index >= 15 is 0 Å². The summed E-state index contributed by atoms with van der Waals surface area (Å²) in [5, 5.41) is 2.87. The van der Waals surface area contributed by atoms with E-state index in [0.717, 1.165) is 43.1 Å². The number of carbonyl (C=O) groups is 4. The van der Waals surface area contributed by atoms with E-state index < -0.39 is 17.8 Å². The molecule has 10 nitrogen and oxygen atoms in total. The van der Waals surface area contributed by atoms with Crippen LogP contribution < -0.4 is 10.2 Å². The van der Waals surface area contributed by atoms with Crippen LogP contribution in [0.25, 0.3) is 11.1 Å². The molecule has 47 heavy (non-hydrogen) atoms. The molecule has 1 atom stereocenters. The molecule has 2 aliphatic heterocycles. The van der Waals surface area contributed by atoms with Crippen LogP contribution in [0.3, 0.4) is 0 Å². The lowest BCUT2D eigenvalue weighted by Crippen LogP contribution is -2.45. The van der Waals surface area contributed by atoms with Crippen molar-refractivity contribution in [2.45, 2.75) is 57.7 Å². The van der Waals surface area contributed by atoms with Crippen LogP contribution in [0.5, 0.6) is 0 Å². The fraction of sp³-hybridized carbons (Fsp3) is 0.417. The lowest BCUT2D eigenvalue weighted by atomic mass is 9.82. The topological polar surface area (TPSA) is 112 Å². The number of carbonyl (C=O) groups excluding carboxylic acids is 4. The van der Waals surface area contributed by atoms with Gasteiger partial charge in [0, 0.05) is 38.1 Å². The molecule has 1 aromatic heterocycles. The SMILES string of the molecule is C[C@@H]1C(=O)N(C)c2cc(-c3ccncc3)ccc2C(=O)N1Cc1cc(F)cc(C(=O)NCC2CC(OC(=O)CN3CCCCC3)C2)c1. The van der Waals surface area contributed by atoms with Gasteiger partial charge < -0.3 is 19.9 Å². The molecule has 2 aromatic carbocycles. The van der Waals surface area contributed by atoms with Crippen molar-refractivity contribution in [3.63, 3.8) is 0 Å². The summed E-state index contributed by atoms with van der Waals surface area (Å²) in [6.45, 7) is 4.16. The van der Waals surface area contributed by atoms with E-state index in [2.05, 4.69) is 15.2 Å². The van der Waals surface area contributed by atoms with Crippen LogP contribution in [0, 0.1) is 11.7 Å². The highest BCUT2D eigenvalue weighted by molar-refractivity contribution is 6.11. The summed E-state index contributed by atoms with van der Waals surface area (Å²) in [6, 6.07) is 12.2. The number of nitrogens with one attached hydrogen (secondary N) is 1. The van der Waals surface area contributed by atoms with Gasteiger partial charge in [0.1, 0.15) is 18.0 Å². The van der Waals surface area contributed by atoms with E-state index in [1.807, 2.05) is 24.3 Å². The Morgan fingerprint density at radius 3 is 2.47 bits per heavy atom. The standard InChI is InChI=1S/C36H40FN5O5/c1-23-35(45)40(2)32-19-27(26-8-10-38-11-9-26)6-7-31(32)36(46)42(23)21-25-14-28(18-29(37)15-25)34(44)39-20-24-16-30(17-24)47-33(43)22-41-12-4-3-5-13-41/h6-11,14-15,18-19,23-24,30H,3-5,12-13,16-17,20-22H2,1-2H3,(H,39,44)/t23-,24?,30?/m1/s1. The zero-order valence-corrected chi connectivity index (χ0v) is 26.8. The lowest BCUT2D eigenvalue weighted by molar-refractivity contribution is -0.157. The van der Waals surface area contributed by atoms with Gasteiger partial charge in [0.2, 0.25) is 5.91 Å². The van der Waals surface area contributed by atoms with Gasteiger partial charge in [0.05, 0.1) is 17.8 Å². The van der Waals surface area contributed by atoms with E-state index in [1.165, 1.54) is 22.3 Å². The Bertz CT molecular complexity index is 1650. The lowest BCUT2D eigenvalue weighted by Gasteiger charge is -2.35. The summed E-state index contributed by atoms with van der Waals surface area (Å²) in [4.78, 5) is 61.7. The molecule has 0 spiro atoms. The van der Waals surface area contributed by atoms with Crippen molar-refractivity contribution in [3.05, 3.63) is 83.4 Å². The molecule has 1 saturated carbocycles. The first kappa shape index (κ1) is 32.3. The molecule has 1 saturated heterocycles. The number of nitrogens with zero attached hydrogens (tertiary/aromatic N) is 4. The second-order valence-electron chi connectivity index (χ2n) is 12.8. The Kier molecular flexibility index (Phi) is 9.63. The van der Waals surface area contributed by atoms with E-state index in [-0.39, 0.29) is 41.9 Å². The summed E-state index contributed by atoms with van der Waals surface area (Å²) in [6.07, 6.45) is 7.99. The first-order valence-electron chi connectivity index (χ1n) is 16.3. The number of rotatable bonds is 9. The molecule has 3 aliphatic rings. The molecule has 2 fully saturated rings. The van der Waals surface area contributed by atoms with Crippen LogP contribution in [-0.2, 0) is 20.9 Å². The Hall–Kier alpha value is -4.64. The van der Waals surface area contributed by atoms with Gasteiger partial charge in [-0.1, -0.05) is 12.5 Å². The highest BCUT2D eigenvalue weighted by atomic mass is 19.1. The minimum Gasteiger partial charge on any atom is -0.461 e.